The molecular weight excluding hydrogens is 370 g/mol. The van der Waals surface area contributed by atoms with Crippen LogP contribution in [0, 0.1) is 0 Å². The molecule has 0 unspecified atom stereocenters. The quantitative estimate of drug-likeness (QED) is 0.782. The molecule has 148 valence electrons. The van der Waals surface area contributed by atoms with Gasteiger partial charge in [-0.2, -0.15) is 0 Å². The summed E-state index contributed by atoms with van der Waals surface area (Å²) in [6.45, 7) is 6.52. The number of benzene rings is 2. The summed E-state index contributed by atoms with van der Waals surface area (Å²) in [5, 5.41) is 4.22. The van der Waals surface area contributed by atoms with Gasteiger partial charge in [0.2, 0.25) is 0 Å². The van der Waals surface area contributed by atoms with Crippen LogP contribution in [0.3, 0.4) is 0 Å². The molecule has 1 N–H and O–H groups in total. The van der Waals surface area contributed by atoms with Crippen molar-refractivity contribution < 1.29 is 9.47 Å². The molecule has 1 fully saturated rings. The normalized spacial score (nSPS) is 16.4. The van der Waals surface area contributed by atoms with Gasteiger partial charge in [-0.3, -0.25) is 4.90 Å². The predicted octanol–water partition coefficient (Wildman–Crippen LogP) is 2.82. The largest absolute Gasteiger partial charge is 0.497 e. The van der Waals surface area contributed by atoms with Crippen LogP contribution in [0.25, 0.3) is 0 Å². The van der Waals surface area contributed by atoms with Crippen LogP contribution in [0.15, 0.2) is 42.5 Å². The molecule has 2 aromatic carbocycles. The molecule has 2 aliphatic heterocycles. The number of rotatable bonds is 5. The number of nitrogens with one attached hydrogen (secondary N) is 1. The molecule has 0 spiro atoms. The van der Waals surface area contributed by atoms with Crippen LogP contribution in [0.1, 0.15) is 16.7 Å². The zero-order valence-electron chi connectivity index (χ0n) is 16.3. The van der Waals surface area contributed by atoms with Gasteiger partial charge in [0.15, 0.2) is 5.11 Å². The van der Waals surface area contributed by atoms with Gasteiger partial charge in [-0.1, -0.05) is 24.3 Å². The van der Waals surface area contributed by atoms with E-state index in [2.05, 4.69) is 45.4 Å². The zero-order chi connectivity index (χ0) is 19.3. The first-order chi connectivity index (χ1) is 13.7. The number of fused-ring (bicyclic) bond motifs is 1. The summed E-state index contributed by atoms with van der Waals surface area (Å²) in [5.41, 5.74) is 3.92. The third-order valence-electron chi connectivity index (χ3n) is 5.42. The van der Waals surface area contributed by atoms with Gasteiger partial charge in [0.1, 0.15) is 11.5 Å². The van der Waals surface area contributed by atoms with Gasteiger partial charge >= 0.3 is 0 Å². The third kappa shape index (κ3) is 4.56. The minimum absolute atomic E-state index is 0.736. The molecule has 2 aliphatic rings. The lowest BCUT2D eigenvalue weighted by molar-refractivity contribution is 0.174. The molecule has 0 radical (unpaired) electrons. The Hall–Kier alpha value is -2.31. The summed E-state index contributed by atoms with van der Waals surface area (Å²) in [4.78, 5) is 4.77. The van der Waals surface area contributed by atoms with Gasteiger partial charge in [0.05, 0.1) is 13.7 Å². The summed E-state index contributed by atoms with van der Waals surface area (Å²) >= 11 is 5.60. The molecule has 0 saturated carbocycles. The first kappa shape index (κ1) is 19.0. The molecule has 0 aromatic heterocycles. The Morgan fingerprint density at radius 2 is 1.82 bits per heavy atom. The van der Waals surface area contributed by atoms with Crippen molar-refractivity contribution >= 4 is 17.3 Å². The van der Waals surface area contributed by atoms with E-state index in [1.807, 2.05) is 12.1 Å². The smallest absolute Gasteiger partial charge is 0.169 e. The maximum absolute atomic E-state index is 5.60. The van der Waals surface area contributed by atoms with Crippen molar-refractivity contribution in [2.75, 3.05) is 39.9 Å². The van der Waals surface area contributed by atoms with Crippen LogP contribution in [0.2, 0.25) is 0 Å². The molecular formula is C22H27N3O2S. The minimum atomic E-state index is 0.736. The van der Waals surface area contributed by atoms with Crippen molar-refractivity contribution in [2.45, 2.75) is 19.5 Å². The van der Waals surface area contributed by atoms with Crippen molar-refractivity contribution in [3.63, 3.8) is 0 Å². The van der Waals surface area contributed by atoms with Gasteiger partial charge in [0.25, 0.3) is 0 Å². The lowest BCUT2D eigenvalue weighted by atomic mass is 10.1. The lowest BCUT2D eigenvalue weighted by Crippen LogP contribution is -2.51. The Bertz CT molecular complexity index is 817. The first-order valence-corrected chi connectivity index (χ1v) is 10.2. The van der Waals surface area contributed by atoms with E-state index in [1.165, 1.54) is 16.7 Å². The summed E-state index contributed by atoms with van der Waals surface area (Å²) in [6.07, 6.45) is 1.03. The Morgan fingerprint density at radius 3 is 2.57 bits per heavy atom. The second-order valence-corrected chi connectivity index (χ2v) is 7.70. The van der Waals surface area contributed by atoms with Crippen molar-refractivity contribution in [1.82, 2.24) is 15.1 Å². The fourth-order valence-electron chi connectivity index (χ4n) is 3.74. The Kier molecular flexibility index (Phi) is 5.98. The molecule has 0 atom stereocenters. The highest BCUT2D eigenvalue weighted by molar-refractivity contribution is 7.80. The zero-order valence-corrected chi connectivity index (χ0v) is 17.1. The SMILES string of the molecule is COc1ccc(CNC(=S)N2CCN(Cc3ccc4c(c3)CCO4)CC2)cc1. The molecule has 0 amide bonds. The molecule has 6 heteroatoms. The number of piperazine rings is 1. The fraction of sp³-hybridized carbons (Fsp3) is 0.409. The van der Waals surface area contributed by atoms with E-state index in [9.17, 15) is 0 Å². The molecule has 5 nitrogen and oxygen atoms in total. The van der Waals surface area contributed by atoms with E-state index in [0.717, 1.165) is 68.9 Å². The Morgan fingerprint density at radius 1 is 1.07 bits per heavy atom. The molecule has 2 heterocycles. The molecule has 1 saturated heterocycles. The number of ether oxygens (including phenoxy) is 2. The minimum Gasteiger partial charge on any atom is -0.497 e. The third-order valence-corrected chi connectivity index (χ3v) is 5.82. The average molecular weight is 398 g/mol. The van der Waals surface area contributed by atoms with Crippen molar-refractivity contribution in [1.29, 1.82) is 0 Å². The Labute approximate surface area is 172 Å². The predicted molar refractivity (Wildman–Crippen MR) is 115 cm³/mol. The molecule has 0 aliphatic carbocycles. The maximum Gasteiger partial charge on any atom is 0.169 e. The Balaban J connectivity index is 1.22. The standard InChI is InChI=1S/C22H27N3O2S/c1-26-20-5-2-17(3-6-20)15-23-22(28)25-11-9-24(10-12-25)16-18-4-7-21-19(14-18)8-13-27-21/h2-7,14H,8-13,15-16H2,1H3,(H,23,28). The molecule has 28 heavy (non-hydrogen) atoms. The topological polar surface area (TPSA) is 37.0 Å². The number of thiocarbonyl (C=S) groups is 1. The number of nitrogens with zero attached hydrogens (tertiary/aromatic N) is 2. The lowest BCUT2D eigenvalue weighted by Gasteiger charge is -2.36. The van der Waals surface area contributed by atoms with Crippen molar-refractivity contribution in [3.8, 4) is 11.5 Å². The highest BCUT2D eigenvalue weighted by atomic mass is 32.1. The van der Waals surface area contributed by atoms with Crippen molar-refractivity contribution in [3.05, 3.63) is 59.2 Å². The molecule has 0 bridgehead atoms. The number of methoxy groups -OCH3 is 1. The summed E-state index contributed by atoms with van der Waals surface area (Å²) < 4.78 is 10.8. The van der Waals surface area contributed by atoms with Crippen LogP contribution < -0.4 is 14.8 Å². The van der Waals surface area contributed by atoms with E-state index < -0.39 is 0 Å². The van der Waals surface area contributed by atoms with Gasteiger partial charge in [-0.05, 0) is 47.1 Å². The second-order valence-electron chi connectivity index (χ2n) is 7.31. The van der Waals surface area contributed by atoms with E-state index in [4.69, 9.17) is 21.7 Å². The van der Waals surface area contributed by atoms with Crippen LogP contribution in [0.5, 0.6) is 11.5 Å². The van der Waals surface area contributed by atoms with Crippen LogP contribution >= 0.6 is 12.2 Å². The number of hydrogen-bond donors (Lipinski definition) is 1. The maximum atomic E-state index is 5.60. The summed E-state index contributed by atoms with van der Waals surface area (Å²) in [6, 6.07) is 14.7. The van der Waals surface area contributed by atoms with E-state index in [-0.39, 0.29) is 0 Å². The second kappa shape index (κ2) is 8.80. The van der Waals surface area contributed by atoms with Gasteiger partial charge in [-0.15, -0.1) is 0 Å². The van der Waals surface area contributed by atoms with Gasteiger partial charge in [-0.25, -0.2) is 0 Å². The summed E-state index contributed by atoms with van der Waals surface area (Å²) in [5.74, 6) is 1.93. The van der Waals surface area contributed by atoms with Crippen LogP contribution in [0.4, 0.5) is 0 Å². The highest BCUT2D eigenvalue weighted by Crippen LogP contribution is 2.26. The van der Waals surface area contributed by atoms with Crippen LogP contribution in [-0.4, -0.2) is 54.8 Å². The van der Waals surface area contributed by atoms with Crippen LogP contribution in [-0.2, 0) is 19.5 Å². The van der Waals surface area contributed by atoms with Crippen molar-refractivity contribution in [2.24, 2.45) is 0 Å². The van der Waals surface area contributed by atoms with E-state index in [1.54, 1.807) is 7.11 Å². The summed E-state index contributed by atoms with van der Waals surface area (Å²) in [7, 11) is 1.68. The average Bonchev–Trinajstić information content (AvgIpc) is 3.21. The van der Waals surface area contributed by atoms with Gasteiger partial charge < -0.3 is 19.7 Å². The molecule has 2 aromatic rings. The first-order valence-electron chi connectivity index (χ1n) is 9.84. The van der Waals surface area contributed by atoms with Gasteiger partial charge in [0, 0.05) is 45.7 Å². The van der Waals surface area contributed by atoms with E-state index >= 15 is 0 Å². The fourth-order valence-corrected chi connectivity index (χ4v) is 3.99. The molecule has 4 rings (SSSR count). The monoisotopic (exact) mass is 397 g/mol. The van der Waals surface area contributed by atoms with E-state index in [0.29, 0.717) is 0 Å². The highest BCUT2D eigenvalue weighted by Gasteiger charge is 2.20. The number of hydrogen-bond acceptors (Lipinski definition) is 4.